The topological polar surface area (TPSA) is 21.1 Å². The fraction of sp³-hybridized carbons (Fsp3) is 0.750. The van der Waals surface area contributed by atoms with Crippen LogP contribution in [-0.2, 0) is 13.6 Å². The molecule has 2 heterocycles. The molecule has 1 fully saturated rings. The highest BCUT2D eigenvalue weighted by molar-refractivity contribution is 5.15. The summed E-state index contributed by atoms with van der Waals surface area (Å²) in [6.07, 6.45) is 3.93. The van der Waals surface area contributed by atoms with Gasteiger partial charge in [0.2, 0.25) is 0 Å². The number of hydrogen-bond acceptors (Lipinski definition) is 2. The number of nitrogens with zero attached hydrogens (tertiary/aromatic N) is 3. The largest absolute Gasteiger partial charge is 0.299 e. The van der Waals surface area contributed by atoms with Crippen molar-refractivity contribution in [3.05, 3.63) is 17.5 Å². The molecule has 0 unspecified atom stereocenters. The summed E-state index contributed by atoms with van der Waals surface area (Å²) in [6, 6.07) is 0. The molecule has 3 nitrogen and oxygen atoms in total. The number of likely N-dealkylation sites (tertiary alicyclic amines) is 1. The minimum atomic E-state index is -0.153. The third kappa shape index (κ3) is 2.43. The van der Waals surface area contributed by atoms with Gasteiger partial charge in [0, 0.05) is 24.8 Å². The van der Waals surface area contributed by atoms with Crippen LogP contribution in [0.15, 0.2) is 6.20 Å². The highest BCUT2D eigenvalue weighted by Crippen LogP contribution is 2.20. The molecule has 4 heteroatoms. The lowest BCUT2D eigenvalue weighted by molar-refractivity contribution is 0.159. The summed E-state index contributed by atoms with van der Waals surface area (Å²) in [5.41, 5.74) is 2.52. The number of piperidine rings is 1. The van der Waals surface area contributed by atoms with Gasteiger partial charge in [-0.3, -0.25) is 14.0 Å². The Morgan fingerprint density at radius 1 is 1.44 bits per heavy atom. The lowest BCUT2D eigenvalue weighted by atomic mass is 9.98. The summed E-state index contributed by atoms with van der Waals surface area (Å²) in [6.45, 7) is 4.93. The van der Waals surface area contributed by atoms with E-state index in [-0.39, 0.29) is 6.67 Å². The number of alkyl halides is 1. The molecule has 16 heavy (non-hydrogen) atoms. The Morgan fingerprint density at radius 2 is 2.12 bits per heavy atom. The van der Waals surface area contributed by atoms with Gasteiger partial charge in [0.15, 0.2) is 0 Å². The Morgan fingerprint density at radius 3 is 2.62 bits per heavy atom. The van der Waals surface area contributed by atoms with Gasteiger partial charge in [0.05, 0.1) is 12.9 Å². The Kier molecular flexibility index (Phi) is 3.59. The quantitative estimate of drug-likeness (QED) is 0.783. The molecule has 0 spiro atoms. The van der Waals surface area contributed by atoms with Crippen molar-refractivity contribution in [2.24, 2.45) is 13.0 Å². The molecule has 1 aromatic heterocycles. The lowest BCUT2D eigenvalue weighted by Crippen LogP contribution is -2.33. The highest BCUT2D eigenvalue weighted by Gasteiger charge is 2.19. The average molecular weight is 225 g/mol. The number of rotatable bonds is 3. The first-order valence-corrected chi connectivity index (χ1v) is 5.96. The maximum Gasteiger partial charge on any atom is 0.0923 e. The molecule has 0 aromatic carbocycles. The second kappa shape index (κ2) is 4.95. The summed E-state index contributed by atoms with van der Waals surface area (Å²) in [4.78, 5) is 2.40. The molecule has 0 aliphatic carbocycles. The number of halogens is 1. The molecule has 0 N–H and O–H groups in total. The normalized spacial score (nSPS) is 19.2. The van der Waals surface area contributed by atoms with Crippen LogP contribution in [0.2, 0.25) is 0 Å². The Balaban J connectivity index is 1.89. The average Bonchev–Trinajstić information content (AvgIpc) is 2.62. The summed E-state index contributed by atoms with van der Waals surface area (Å²) in [5.74, 6) is 0.297. The fourth-order valence-electron chi connectivity index (χ4n) is 2.24. The van der Waals surface area contributed by atoms with Crippen molar-refractivity contribution in [3.63, 3.8) is 0 Å². The summed E-state index contributed by atoms with van der Waals surface area (Å²) < 4.78 is 14.4. The van der Waals surface area contributed by atoms with Gasteiger partial charge >= 0.3 is 0 Å². The smallest absolute Gasteiger partial charge is 0.0923 e. The third-order valence-corrected chi connectivity index (χ3v) is 3.66. The maximum atomic E-state index is 12.5. The van der Waals surface area contributed by atoms with Crippen molar-refractivity contribution in [2.75, 3.05) is 19.8 Å². The summed E-state index contributed by atoms with van der Waals surface area (Å²) in [5, 5.41) is 4.24. The van der Waals surface area contributed by atoms with E-state index in [1.54, 1.807) is 0 Å². The van der Waals surface area contributed by atoms with E-state index < -0.39 is 0 Å². The molecular weight excluding hydrogens is 205 g/mol. The zero-order valence-corrected chi connectivity index (χ0v) is 10.1. The first-order chi connectivity index (χ1) is 7.70. The Hall–Kier alpha value is -0.900. The van der Waals surface area contributed by atoms with Crippen LogP contribution in [0.25, 0.3) is 0 Å². The van der Waals surface area contributed by atoms with Crippen LogP contribution in [0.3, 0.4) is 0 Å². The standard InChI is InChI=1S/C12H20FN3/c1-10-12(8-14-15(10)2)9-16-5-3-11(7-13)4-6-16/h8,11H,3-7,9H2,1-2H3. The van der Waals surface area contributed by atoms with E-state index in [1.165, 1.54) is 11.3 Å². The van der Waals surface area contributed by atoms with Gasteiger partial charge in [0.25, 0.3) is 0 Å². The zero-order valence-electron chi connectivity index (χ0n) is 10.1. The molecule has 0 saturated carbocycles. The fourth-order valence-corrected chi connectivity index (χ4v) is 2.24. The number of aryl methyl sites for hydroxylation is 1. The second-order valence-electron chi connectivity index (χ2n) is 4.75. The van der Waals surface area contributed by atoms with Gasteiger partial charge in [-0.15, -0.1) is 0 Å². The molecule has 1 saturated heterocycles. The van der Waals surface area contributed by atoms with Crippen LogP contribution in [0.4, 0.5) is 4.39 Å². The molecule has 1 aromatic rings. The van der Waals surface area contributed by atoms with Crippen molar-refractivity contribution >= 4 is 0 Å². The van der Waals surface area contributed by atoms with Crippen molar-refractivity contribution in [2.45, 2.75) is 26.3 Å². The SMILES string of the molecule is Cc1c(CN2CCC(CF)CC2)cnn1C. The van der Waals surface area contributed by atoms with Crippen molar-refractivity contribution < 1.29 is 4.39 Å². The molecule has 0 radical (unpaired) electrons. The van der Waals surface area contributed by atoms with E-state index in [0.29, 0.717) is 5.92 Å². The predicted octanol–water partition coefficient (Wildman–Crippen LogP) is 1.91. The highest BCUT2D eigenvalue weighted by atomic mass is 19.1. The van der Waals surface area contributed by atoms with Gasteiger partial charge in [-0.05, 0) is 38.8 Å². The Bertz CT molecular complexity index is 340. The molecule has 2 rings (SSSR count). The van der Waals surface area contributed by atoms with Crippen LogP contribution < -0.4 is 0 Å². The van der Waals surface area contributed by atoms with Crippen LogP contribution in [-0.4, -0.2) is 34.4 Å². The first-order valence-electron chi connectivity index (χ1n) is 5.96. The predicted molar refractivity (Wildman–Crippen MR) is 61.9 cm³/mol. The van der Waals surface area contributed by atoms with E-state index in [0.717, 1.165) is 32.5 Å². The van der Waals surface area contributed by atoms with E-state index in [2.05, 4.69) is 16.9 Å². The van der Waals surface area contributed by atoms with E-state index >= 15 is 0 Å². The molecule has 1 aliphatic heterocycles. The first kappa shape index (κ1) is 11.6. The molecule has 1 aliphatic rings. The molecule has 0 atom stereocenters. The second-order valence-corrected chi connectivity index (χ2v) is 4.75. The third-order valence-electron chi connectivity index (χ3n) is 3.66. The van der Waals surface area contributed by atoms with Crippen LogP contribution in [0, 0.1) is 12.8 Å². The minimum Gasteiger partial charge on any atom is -0.299 e. The van der Waals surface area contributed by atoms with Gasteiger partial charge < -0.3 is 0 Å². The van der Waals surface area contributed by atoms with Gasteiger partial charge in [-0.2, -0.15) is 5.10 Å². The minimum absolute atomic E-state index is 0.153. The molecular formula is C12H20FN3. The van der Waals surface area contributed by atoms with Crippen molar-refractivity contribution in [1.82, 2.24) is 14.7 Å². The maximum absolute atomic E-state index is 12.5. The van der Waals surface area contributed by atoms with Gasteiger partial charge in [-0.1, -0.05) is 0 Å². The summed E-state index contributed by atoms with van der Waals surface area (Å²) >= 11 is 0. The Labute approximate surface area is 96.2 Å². The zero-order chi connectivity index (χ0) is 11.5. The molecule has 90 valence electrons. The van der Waals surface area contributed by atoms with Crippen LogP contribution >= 0.6 is 0 Å². The van der Waals surface area contributed by atoms with E-state index in [1.807, 2.05) is 17.9 Å². The van der Waals surface area contributed by atoms with Crippen LogP contribution in [0.5, 0.6) is 0 Å². The summed E-state index contributed by atoms with van der Waals surface area (Å²) in [7, 11) is 1.97. The van der Waals surface area contributed by atoms with E-state index in [9.17, 15) is 4.39 Å². The monoisotopic (exact) mass is 225 g/mol. The van der Waals surface area contributed by atoms with Crippen molar-refractivity contribution in [3.8, 4) is 0 Å². The van der Waals surface area contributed by atoms with Gasteiger partial charge in [-0.25, -0.2) is 0 Å². The van der Waals surface area contributed by atoms with Gasteiger partial charge in [0.1, 0.15) is 0 Å². The van der Waals surface area contributed by atoms with Crippen LogP contribution in [0.1, 0.15) is 24.1 Å². The van der Waals surface area contributed by atoms with Crippen molar-refractivity contribution in [1.29, 1.82) is 0 Å². The molecule has 0 amide bonds. The molecule has 0 bridgehead atoms. The lowest BCUT2D eigenvalue weighted by Gasteiger charge is -2.30. The number of hydrogen-bond donors (Lipinski definition) is 0. The number of aromatic nitrogens is 2. The van der Waals surface area contributed by atoms with E-state index in [4.69, 9.17) is 0 Å².